The van der Waals surface area contributed by atoms with Crippen LogP contribution in [-0.2, 0) is 17.8 Å². The van der Waals surface area contributed by atoms with Crippen molar-refractivity contribution in [3.63, 3.8) is 0 Å². The van der Waals surface area contributed by atoms with E-state index in [9.17, 15) is 0 Å². The first-order chi connectivity index (χ1) is 13.7. The molecule has 0 bridgehead atoms. The summed E-state index contributed by atoms with van der Waals surface area (Å²) < 4.78 is 11.8. The smallest absolute Gasteiger partial charge is 0.245 e. The fourth-order valence-corrected chi connectivity index (χ4v) is 2.94. The molecule has 0 unspecified atom stereocenters. The lowest BCUT2D eigenvalue weighted by atomic mass is 10.2. The number of nitrogens with zero attached hydrogens (tertiary/aromatic N) is 3. The van der Waals surface area contributed by atoms with Crippen LogP contribution in [0, 0.1) is 13.8 Å². The third-order valence-corrected chi connectivity index (χ3v) is 4.59. The number of aromatic amines is 1. The fourth-order valence-electron chi connectivity index (χ4n) is 2.94. The average molecular weight is 374 g/mol. The van der Waals surface area contributed by atoms with Crippen molar-refractivity contribution in [2.75, 3.05) is 6.61 Å². The number of rotatable bonds is 7. The predicted octanol–water partition coefficient (Wildman–Crippen LogP) is 4.52. The summed E-state index contributed by atoms with van der Waals surface area (Å²) in [5.41, 5.74) is 4.77. The van der Waals surface area contributed by atoms with Gasteiger partial charge in [-0.25, -0.2) is 9.97 Å². The van der Waals surface area contributed by atoms with Crippen molar-refractivity contribution in [3.05, 3.63) is 77.5 Å². The molecule has 0 atom stereocenters. The van der Waals surface area contributed by atoms with Crippen LogP contribution in [0.1, 0.15) is 22.6 Å². The van der Waals surface area contributed by atoms with Crippen molar-refractivity contribution in [1.29, 1.82) is 0 Å². The summed E-state index contributed by atoms with van der Waals surface area (Å²) in [4.78, 5) is 16.7. The lowest BCUT2D eigenvalue weighted by Gasteiger charge is -2.08. The largest absolute Gasteiger partial charge is 0.437 e. The number of hydrogen-bond acceptors (Lipinski definition) is 5. The van der Waals surface area contributed by atoms with Gasteiger partial charge in [-0.2, -0.15) is 0 Å². The summed E-state index contributed by atoms with van der Waals surface area (Å²) in [5, 5.41) is 0. The van der Waals surface area contributed by atoms with Gasteiger partial charge >= 0.3 is 0 Å². The molecule has 6 heteroatoms. The molecule has 0 saturated carbocycles. The Balaban J connectivity index is 1.50. The molecule has 0 amide bonds. The Hall–Kier alpha value is -3.25. The first kappa shape index (κ1) is 18.1. The van der Waals surface area contributed by atoms with Crippen molar-refractivity contribution in [1.82, 2.24) is 19.9 Å². The van der Waals surface area contributed by atoms with Gasteiger partial charge in [-0.15, -0.1) is 0 Å². The molecule has 0 spiro atoms. The molecule has 28 heavy (non-hydrogen) atoms. The van der Waals surface area contributed by atoms with Crippen LogP contribution in [0.3, 0.4) is 0 Å². The van der Waals surface area contributed by atoms with Gasteiger partial charge in [-0.3, -0.25) is 4.98 Å². The van der Waals surface area contributed by atoms with Gasteiger partial charge in [-0.1, -0.05) is 18.2 Å². The molecule has 4 aromatic rings. The topological polar surface area (TPSA) is 72.9 Å². The molecule has 1 aromatic carbocycles. The highest BCUT2D eigenvalue weighted by Gasteiger charge is 2.15. The lowest BCUT2D eigenvalue weighted by Crippen LogP contribution is -2.00. The minimum atomic E-state index is 0.542. The van der Waals surface area contributed by atoms with E-state index in [1.807, 2.05) is 56.3 Å². The van der Waals surface area contributed by atoms with Crippen molar-refractivity contribution < 1.29 is 9.47 Å². The molecule has 142 valence electrons. The van der Waals surface area contributed by atoms with Crippen LogP contribution >= 0.6 is 0 Å². The highest BCUT2D eigenvalue weighted by molar-refractivity contribution is 5.84. The van der Waals surface area contributed by atoms with Crippen LogP contribution in [0.15, 0.2) is 54.9 Å². The van der Waals surface area contributed by atoms with Crippen LogP contribution in [0.2, 0.25) is 0 Å². The Labute approximate surface area is 163 Å². The van der Waals surface area contributed by atoms with Gasteiger partial charge in [0.2, 0.25) is 5.88 Å². The number of aromatic nitrogens is 4. The fraction of sp³-hybridized carbons (Fsp3) is 0.227. The van der Waals surface area contributed by atoms with Crippen LogP contribution in [0.4, 0.5) is 0 Å². The molecule has 1 N–H and O–H groups in total. The van der Waals surface area contributed by atoms with Gasteiger partial charge in [0.05, 0.1) is 18.7 Å². The first-order valence-electron chi connectivity index (χ1n) is 9.26. The van der Waals surface area contributed by atoms with E-state index >= 15 is 0 Å². The number of imidazole rings is 1. The number of H-pyrrole nitrogens is 1. The van der Waals surface area contributed by atoms with E-state index in [-0.39, 0.29) is 0 Å². The number of pyridine rings is 2. The molecule has 0 aliphatic heterocycles. The van der Waals surface area contributed by atoms with Crippen LogP contribution in [0.25, 0.3) is 11.0 Å². The number of hydrogen-bond donors (Lipinski definition) is 1. The van der Waals surface area contributed by atoms with E-state index in [2.05, 4.69) is 15.0 Å². The Morgan fingerprint density at radius 1 is 0.964 bits per heavy atom. The van der Waals surface area contributed by atoms with Crippen molar-refractivity contribution in [2.24, 2.45) is 0 Å². The summed E-state index contributed by atoms with van der Waals surface area (Å²) in [6.45, 7) is 5.13. The Kier molecular flexibility index (Phi) is 5.30. The predicted molar refractivity (Wildman–Crippen MR) is 107 cm³/mol. The summed E-state index contributed by atoms with van der Waals surface area (Å²) in [7, 11) is 0. The number of ether oxygens (including phenoxy) is 2. The molecule has 0 aliphatic rings. The maximum Gasteiger partial charge on any atom is 0.245 e. The number of fused-ring (bicyclic) bond motifs is 1. The zero-order chi connectivity index (χ0) is 19.3. The lowest BCUT2D eigenvalue weighted by molar-refractivity contribution is 0.122. The normalized spacial score (nSPS) is 11.1. The average Bonchev–Trinajstić information content (AvgIpc) is 3.16. The van der Waals surface area contributed by atoms with Crippen LogP contribution in [-0.4, -0.2) is 26.5 Å². The molecule has 6 nitrogen and oxygen atoms in total. The van der Waals surface area contributed by atoms with E-state index in [1.165, 1.54) is 0 Å². The van der Waals surface area contributed by atoms with Gasteiger partial charge in [0, 0.05) is 24.5 Å². The zero-order valence-corrected chi connectivity index (χ0v) is 16.0. The second-order valence-electron chi connectivity index (χ2n) is 6.61. The maximum atomic E-state index is 6.00. The minimum Gasteiger partial charge on any atom is -0.437 e. The molecule has 3 heterocycles. The first-order valence-corrected chi connectivity index (χ1v) is 9.26. The monoisotopic (exact) mass is 374 g/mol. The standard InChI is InChI=1S/C22H22N4O2/c1-15-16(2)24-22(28-18-6-4-3-5-7-18)21-20(15)25-19(26-21)10-13-27-14-17-8-11-23-12-9-17/h3-9,11-12H,10,13-14H2,1-2H3,(H,25,26). The molecule has 0 radical (unpaired) electrons. The van der Waals surface area contributed by atoms with Crippen molar-refractivity contribution in [3.8, 4) is 11.6 Å². The summed E-state index contributed by atoms with van der Waals surface area (Å²) >= 11 is 0. The summed E-state index contributed by atoms with van der Waals surface area (Å²) in [6.07, 6.45) is 4.22. The van der Waals surface area contributed by atoms with Gasteiger partial charge < -0.3 is 14.5 Å². The number of benzene rings is 1. The van der Waals surface area contributed by atoms with Gasteiger partial charge in [0.1, 0.15) is 17.1 Å². The second kappa shape index (κ2) is 8.19. The SMILES string of the molecule is Cc1nc(Oc2ccccc2)c2[nH]c(CCOCc3ccncc3)nc2c1C. The number of aryl methyl sites for hydroxylation is 2. The third-order valence-electron chi connectivity index (χ3n) is 4.59. The van der Waals surface area contributed by atoms with Crippen molar-refractivity contribution in [2.45, 2.75) is 26.9 Å². The Morgan fingerprint density at radius 3 is 2.54 bits per heavy atom. The van der Waals surface area contributed by atoms with Crippen LogP contribution < -0.4 is 4.74 Å². The Morgan fingerprint density at radius 2 is 1.75 bits per heavy atom. The zero-order valence-electron chi connectivity index (χ0n) is 16.0. The van der Waals surface area contributed by atoms with Gasteiger partial charge in [0.15, 0.2) is 0 Å². The Bertz CT molecular complexity index is 1060. The van der Waals surface area contributed by atoms with E-state index < -0.39 is 0 Å². The maximum absolute atomic E-state index is 6.00. The summed E-state index contributed by atoms with van der Waals surface area (Å²) in [5.74, 6) is 2.15. The molecule has 3 aromatic heterocycles. The van der Waals surface area contributed by atoms with Crippen molar-refractivity contribution >= 4 is 11.0 Å². The molecule has 0 saturated heterocycles. The molecule has 0 aliphatic carbocycles. The second-order valence-corrected chi connectivity index (χ2v) is 6.61. The highest BCUT2D eigenvalue weighted by Crippen LogP contribution is 2.30. The highest BCUT2D eigenvalue weighted by atomic mass is 16.5. The molecule has 0 fully saturated rings. The van der Waals surface area contributed by atoms with Crippen LogP contribution in [0.5, 0.6) is 11.6 Å². The number of para-hydroxylation sites is 1. The minimum absolute atomic E-state index is 0.542. The molecular weight excluding hydrogens is 352 g/mol. The number of nitrogens with one attached hydrogen (secondary N) is 1. The third kappa shape index (κ3) is 4.02. The quantitative estimate of drug-likeness (QED) is 0.482. The van der Waals surface area contributed by atoms with Gasteiger partial charge in [0.25, 0.3) is 0 Å². The van der Waals surface area contributed by atoms with E-state index in [4.69, 9.17) is 14.5 Å². The molecule has 4 rings (SSSR count). The van der Waals surface area contributed by atoms with E-state index in [0.29, 0.717) is 25.5 Å². The molecular formula is C22H22N4O2. The van der Waals surface area contributed by atoms with E-state index in [0.717, 1.165) is 39.4 Å². The van der Waals surface area contributed by atoms with E-state index in [1.54, 1.807) is 12.4 Å². The summed E-state index contributed by atoms with van der Waals surface area (Å²) in [6, 6.07) is 13.5. The van der Waals surface area contributed by atoms with Gasteiger partial charge in [-0.05, 0) is 49.2 Å².